The highest BCUT2D eigenvalue weighted by Gasteiger charge is 2.17. The van der Waals surface area contributed by atoms with E-state index in [1.54, 1.807) is 6.20 Å². The third-order valence-electron chi connectivity index (χ3n) is 3.21. The molecule has 5 heteroatoms. The maximum Gasteiger partial charge on any atom is 0.158 e. The number of nitrogens with zero attached hydrogens (tertiary/aromatic N) is 4. The van der Waals surface area contributed by atoms with Crippen LogP contribution in [0.4, 0.5) is 5.82 Å². The highest BCUT2D eigenvalue weighted by atomic mass is 15.2. The van der Waals surface area contributed by atoms with E-state index in [0.29, 0.717) is 11.7 Å². The predicted octanol–water partition coefficient (Wildman–Crippen LogP) is 0.927. The molecule has 2 rings (SSSR count). The largest absolute Gasteiger partial charge is 0.355 e. The van der Waals surface area contributed by atoms with Gasteiger partial charge in [0.1, 0.15) is 11.9 Å². The Morgan fingerprint density at radius 2 is 2.24 bits per heavy atom. The summed E-state index contributed by atoms with van der Waals surface area (Å²) in [6.07, 6.45) is 6.69. The van der Waals surface area contributed by atoms with Crippen LogP contribution in [0.1, 0.15) is 25.0 Å². The van der Waals surface area contributed by atoms with Gasteiger partial charge in [0.25, 0.3) is 0 Å². The lowest BCUT2D eigenvalue weighted by molar-refractivity contribution is 0.562. The minimum absolute atomic E-state index is 0.365. The maximum absolute atomic E-state index is 8.68. The van der Waals surface area contributed by atoms with Crippen LogP contribution >= 0.6 is 0 Å². The van der Waals surface area contributed by atoms with Gasteiger partial charge in [-0.3, -0.25) is 0 Å². The number of hydrogen-bond donors (Lipinski definition) is 1. The molecule has 5 nitrogen and oxygen atoms in total. The Balaban J connectivity index is 2.06. The molecule has 1 unspecified atom stereocenters. The SMILES string of the molecule is CN(c1cnc(C#N)cn1)C1CCCNCC1. The Bertz CT molecular complexity index is 386. The molecule has 1 aliphatic rings. The highest BCUT2D eigenvalue weighted by molar-refractivity contribution is 5.37. The van der Waals surface area contributed by atoms with Gasteiger partial charge in [0, 0.05) is 13.1 Å². The lowest BCUT2D eigenvalue weighted by atomic mass is 10.1. The van der Waals surface area contributed by atoms with E-state index in [1.807, 2.05) is 13.1 Å². The fourth-order valence-corrected chi connectivity index (χ4v) is 2.14. The highest BCUT2D eigenvalue weighted by Crippen LogP contribution is 2.17. The van der Waals surface area contributed by atoms with Gasteiger partial charge in [-0.15, -0.1) is 0 Å². The van der Waals surface area contributed by atoms with Crippen LogP contribution in [0.2, 0.25) is 0 Å². The van der Waals surface area contributed by atoms with Gasteiger partial charge in [-0.2, -0.15) is 5.26 Å². The summed E-state index contributed by atoms with van der Waals surface area (Å²) in [4.78, 5) is 10.5. The van der Waals surface area contributed by atoms with Gasteiger partial charge in [-0.05, 0) is 32.4 Å². The van der Waals surface area contributed by atoms with Crippen LogP contribution in [-0.2, 0) is 0 Å². The number of hydrogen-bond acceptors (Lipinski definition) is 5. The van der Waals surface area contributed by atoms with Crippen molar-refractivity contribution >= 4 is 5.82 Å². The molecule has 1 saturated heterocycles. The number of nitrogens with one attached hydrogen (secondary N) is 1. The standard InChI is InChI=1S/C12H17N5/c1-17(11-3-2-5-14-6-4-11)12-9-15-10(7-13)8-16-12/h8-9,11,14H,2-6H2,1H3. The smallest absolute Gasteiger partial charge is 0.158 e. The first-order chi connectivity index (χ1) is 8.31. The second-order valence-corrected chi connectivity index (χ2v) is 4.32. The van der Waals surface area contributed by atoms with E-state index in [1.165, 1.54) is 19.0 Å². The topological polar surface area (TPSA) is 64.8 Å². The molecule has 1 aliphatic heterocycles. The Morgan fingerprint density at radius 3 is 2.94 bits per heavy atom. The fourth-order valence-electron chi connectivity index (χ4n) is 2.14. The Kier molecular flexibility index (Phi) is 3.89. The van der Waals surface area contributed by atoms with E-state index in [2.05, 4.69) is 20.2 Å². The molecule has 1 aromatic heterocycles. The van der Waals surface area contributed by atoms with E-state index < -0.39 is 0 Å². The zero-order valence-corrected chi connectivity index (χ0v) is 10.1. The van der Waals surface area contributed by atoms with Crippen molar-refractivity contribution in [1.82, 2.24) is 15.3 Å². The zero-order valence-electron chi connectivity index (χ0n) is 10.1. The van der Waals surface area contributed by atoms with E-state index in [9.17, 15) is 0 Å². The normalized spacial score (nSPS) is 20.4. The lowest BCUT2D eigenvalue weighted by Crippen LogP contribution is -2.33. The van der Waals surface area contributed by atoms with Crippen LogP contribution in [0.15, 0.2) is 12.4 Å². The average molecular weight is 231 g/mol. The number of rotatable bonds is 2. The summed E-state index contributed by atoms with van der Waals surface area (Å²) in [6.45, 7) is 2.15. The minimum atomic E-state index is 0.365. The van der Waals surface area contributed by atoms with Crippen LogP contribution < -0.4 is 10.2 Å². The van der Waals surface area contributed by atoms with Crippen molar-refractivity contribution in [2.75, 3.05) is 25.0 Å². The van der Waals surface area contributed by atoms with Crippen LogP contribution in [-0.4, -0.2) is 36.1 Å². The summed E-state index contributed by atoms with van der Waals surface area (Å²) in [5.74, 6) is 0.843. The van der Waals surface area contributed by atoms with Crippen molar-refractivity contribution in [2.24, 2.45) is 0 Å². The molecule has 0 saturated carbocycles. The van der Waals surface area contributed by atoms with Crippen molar-refractivity contribution in [2.45, 2.75) is 25.3 Å². The van der Waals surface area contributed by atoms with Gasteiger partial charge in [-0.25, -0.2) is 9.97 Å². The van der Waals surface area contributed by atoms with Crippen LogP contribution in [0.5, 0.6) is 0 Å². The van der Waals surface area contributed by atoms with Crippen molar-refractivity contribution in [3.8, 4) is 6.07 Å². The monoisotopic (exact) mass is 231 g/mol. The third-order valence-corrected chi connectivity index (χ3v) is 3.21. The van der Waals surface area contributed by atoms with Crippen LogP contribution in [0.25, 0.3) is 0 Å². The molecule has 1 atom stereocenters. The van der Waals surface area contributed by atoms with Gasteiger partial charge >= 0.3 is 0 Å². The molecule has 1 aromatic rings. The van der Waals surface area contributed by atoms with Crippen LogP contribution in [0, 0.1) is 11.3 Å². The number of anilines is 1. The second kappa shape index (κ2) is 5.60. The molecule has 1 N–H and O–H groups in total. The predicted molar refractivity (Wildman–Crippen MR) is 65.7 cm³/mol. The summed E-state index contributed by atoms with van der Waals surface area (Å²) >= 11 is 0. The minimum Gasteiger partial charge on any atom is -0.355 e. The molecule has 90 valence electrons. The van der Waals surface area contributed by atoms with Gasteiger partial charge in [0.15, 0.2) is 5.69 Å². The van der Waals surface area contributed by atoms with Crippen molar-refractivity contribution < 1.29 is 0 Å². The van der Waals surface area contributed by atoms with Crippen molar-refractivity contribution in [3.63, 3.8) is 0 Å². The van der Waals surface area contributed by atoms with Gasteiger partial charge < -0.3 is 10.2 Å². The molecule has 0 radical (unpaired) electrons. The van der Waals surface area contributed by atoms with Gasteiger partial charge in [0.05, 0.1) is 12.4 Å². The molecule has 0 aliphatic carbocycles. The van der Waals surface area contributed by atoms with Gasteiger partial charge in [-0.1, -0.05) is 0 Å². The molecule has 2 heterocycles. The molecule has 0 amide bonds. The lowest BCUT2D eigenvalue weighted by Gasteiger charge is -2.27. The average Bonchev–Trinajstić information content (AvgIpc) is 2.67. The first-order valence-corrected chi connectivity index (χ1v) is 5.97. The quantitative estimate of drug-likeness (QED) is 0.820. The summed E-state index contributed by atoms with van der Waals surface area (Å²) in [6, 6.07) is 2.49. The molecular formula is C12H17N5. The fraction of sp³-hybridized carbons (Fsp3) is 0.583. The Hall–Kier alpha value is -1.67. The number of aromatic nitrogens is 2. The van der Waals surface area contributed by atoms with E-state index >= 15 is 0 Å². The molecule has 17 heavy (non-hydrogen) atoms. The molecule has 0 spiro atoms. The molecule has 0 bridgehead atoms. The first kappa shape index (κ1) is 11.8. The maximum atomic E-state index is 8.68. The van der Waals surface area contributed by atoms with Crippen LogP contribution in [0.3, 0.4) is 0 Å². The van der Waals surface area contributed by atoms with E-state index in [4.69, 9.17) is 5.26 Å². The van der Waals surface area contributed by atoms with Crippen molar-refractivity contribution in [3.05, 3.63) is 18.1 Å². The van der Waals surface area contributed by atoms with E-state index in [-0.39, 0.29) is 0 Å². The summed E-state index contributed by atoms with van der Waals surface area (Å²) in [7, 11) is 2.05. The second-order valence-electron chi connectivity index (χ2n) is 4.32. The molecule has 0 aromatic carbocycles. The summed E-state index contributed by atoms with van der Waals surface area (Å²) in [5.41, 5.74) is 0.365. The molecule has 1 fully saturated rings. The summed E-state index contributed by atoms with van der Waals surface area (Å²) < 4.78 is 0. The summed E-state index contributed by atoms with van der Waals surface area (Å²) in [5, 5.41) is 12.1. The molecular weight excluding hydrogens is 214 g/mol. The third kappa shape index (κ3) is 2.92. The Morgan fingerprint density at radius 1 is 1.35 bits per heavy atom. The van der Waals surface area contributed by atoms with E-state index in [0.717, 1.165) is 25.3 Å². The first-order valence-electron chi connectivity index (χ1n) is 5.97. The number of nitriles is 1. The zero-order chi connectivity index (χ0) is 12.1. The Labute approximate surface area is 101 Å². The van der Waals surface area contributed by atoms with Gasteiger partial charge in [0.2, 0.25) is 0 Å². The van der Waals surface area contributed by atoms with Crippen molar-refractivity contribution in [1.29, 1.82) is 5.26 Å².